The third-order valence-electron chi connectivity index (χ3n) is 4.24. The molecule has 1 amide bonds. The second kappa shape index (κ2) is 7.29. The van der Waals surface area contributed by atoms with Crippen molar-refractivity contribution >= 4 is 5.91 Å². The number of aromatic nitrogens is 4. The van der Waals surface area contributed by atoms with E-state index in [-0.39, 0.29) is 11.9 Å². The molecule has 1 aromatic heterocycles. The largest absolute Gasteiger partial charge is 0.493 e. The molecule has 1 heterocycles. The van der Waals surface area contributed by atoms with Crippen molar-refractivity contribution in [2.75, 3.05) is 14.2 Å². The van der Waals surface area contributed by atoms with Crippen LogP contribution < -0.4 is 14.8 Å². The number of nitrogens with one attached hydrogen (secondary N) is 1. The second-order valence-corrected chi connectivity index (χ2v) is 5.74. The Bertz CT molecular complexity index is 702. The molecule has 3 rings (SSSR count). The maximum absolute atomic E-state index is 12.2. The topological polar surface area (TPSA) is 91.2 Å². The molecule has 24 heavy (non-hydrogen) atoms. The number of fused-ring (bicyclic) bond motifs is 1. The van der Waals surface area contributed by atoms with Gasteiger partial charge in [0, 0.05) is 13.0 Å². The van der Waals surface area contributed by atoms with Gasteiger partial charge in [-0.3, -0.25) is 4.79 Å². The van der Waals surface area contributed by atoms with E-state index in [1.165, 1.54) is 5.56 Å². The Morgan fingerprint density at radius 2 is 2.12 bits per heavy atom. The average Bonchev–Trinajstić information content (AvgIpc) is 3.23. The number of methoxy groups -OCH3 is 2. The van der Waals surface area contributed by atoms with Crippen LogP contribution in [0.25, 0.3) is 0 Å². The van der Waals surface area contributed by atoms with E-state index in [2.05, 4.69) is 20.8 Å². The van der Waals surface area contributed by atoms with E-state index in [1.54, 1.807) is 25.2 Å². The van der Waals surface area contributed by atoms with E-state index in [0.29, 0.717) is 25.1 Å². The zero-order valence-electron chi connectivity index (χ0n) is 13.9. The highest BCUT2D eigenvalue weighted by molar-refractivity contribution is 5.76. The number of aryl methyl sites for hydroxylation is 2. The van der Waals surface area contributed by atoms with E-state index in [0.717, 1.165) is 24.2 Å². The van der Waals surface area contributed by atoms with Crippen LogP contribution in [0.3, 0.4) is 0 Å². The Balaban J connectivity index is 1.58. The van der Waals surface area contributed by atoms with Crippen LogP contribution in [-0.2, 0) is 17.8 Å². The molecule has 0 aliphatic heterocycles. The standard InChI is InChI=1S/C16H21N5O3/c1-23-14-8-11-5-6-13(12(11)9-15(14)24-2)18-16(22)4-3-7-21-10-17-19-20-21/h8-10,13H,3-7H2,1-2H3,(H,18,22)/t13-/m1/s1. The Kier molecular flexibility index (Phi) is 4.93. The number of benzene rings is 1. The van der Waals surface area contributed by atoms with Crippen molar-refractivity contribution in [3.8, 4) is 11.5 Å². The first-order chi connectivity index (χ1) is 11.7. The van der Waals surface area contributed by atoms with Gasteiger partial charge in [0.2, 0.25) is 5.91 Å². The van der Waals surface area contributed by atoms with Gasteiger partial charge in [0.25, 0.3) is 0 Å². The molecule has 1 aromatic carbocycles. The monoisotopic (exact) mass is 331 g/mol. The van der Waals surface area contributed by atoms with Crippen molar-refractivity contribution in [1.29, 1.82) is 0 Å². The van der Waals surface area contributed by atoms with Gasteiger partial charge in [0.05, 0.1) is 20.3 Å². The molecule has 0 fully saturated rings. The first-order valence-corrected chi connectivity index (χ1v) is 7.96. The lowest BCUT2D eigenvalue weighted by atomic mass is 10.1. The Labute approximate surface area is 140 Å². The van der Waals surface area contributed by atoms with Crippen molar-refractivity contribution in [3.63, 3.8) is 0 Å². The van der Waals surface area contributed by atoms with Gasteiger partial charge in [0.1, 0.15) is 6.33 Å². The predicted octanol–water partition coefficient (Wildman–Crippen LogP) is 1.27. The highest BCUT2D eigenvalue weighted by Gasteiger charge is 2.26. The van der Waals surface area contributed by atoms with Gasteiger partial charge in [-0.25, -0.2) is 4.68 Å². The first-order valence-electron chi connectivity index (χ1n) is 7.96. The number of amides is 1. The van der Waals surface area contributed by atoms with Crippen molar-refractivity contribution in [3.05, 3.63) is 29.6 Å². The summed E-state index contributed by atoms with van der Waals surface area (Å²) in [4.78, 5) is 12.2. The van der Waals surface area contributed by atoms with Crippen LogP contribution in [-0.4, -0.2) is 40.3 Å². The number of ether oxygens (including phenoxy) is 2. The van der Waals surface area contributed by atoms with E-state index in [9.17, 15) is 4.79 Å². The van der Waals surface area contributed by atoms with Crippen molar-refractivity contribution in [1.82, 2.24) is 25.5 Å². The van der Waals surface area contributed by atoms with Crippen LogP contribution in [0.15, 0.2) is 18.5 Å². The molecular formula is C16H21N5O3. The smallest absolute Gasteiger partial charge is 0.220 e. The molecule has 0 unspecified atom stereocenters. The maximum atomic E-state index is 12.2. The number of carbonyl (C=O) groups excluding carboxylic acids is 1. The first kappa shape index (κ1) is 16.2. The summed E-state index contributed by atoms with van der Waals surface area (Å²) in [6.45, 7) is 0.632. The van der Waals surface area contributed by atoms with E-state index < -0.39 is 0 Å². The summed E-state index contributed by atoms with van der Waals surface area (Å²) in [6, 6.07) is 3.99. The van der Waals surface area contributed by atoms with Crippen molar-refractivity contribution < 1.29 is 14.3 Å². The minimum atomic E-state index is 0.0281. The van der Waals surface area contributed by atoms with Gasteiger partial charge in [-0.05, 0) is 52.9 Å². The maximum Gasteiger partial charge on any atom is 0.220 e. The van der Waals surface area contributed by atoms with Crippen molar-refractivity contribution in [2.45, 2.75) is 38.3 Å². The van der Waals surface area contributed by atoms with E-state index in [1.807, 2.05) is 12.1 Å². The molecular weight excluding hydrogens is 310 g/mol. The Morgan fingerprint density at radius 3 is 2.83 bits per heavy atom. The normalized spacial score (nSPS) is 15.8. The van der Waals surface area contributed by atoms with Crippen LogP contribution in [0.1, 0.15) is 36.4 Å². The molecule has 1 aliphatic carbocycles. The van der Waals surface area contributed by atoms with Gasteiger partial charge in [-0.15, -0.1) is 5.10 Å². The van der Waals surface area contributed by atoms with Crippen LogP contribution in [0, 0.1) is 0 Å². The van der Waals surface area contributed by atoms with Crippen LogP contribution in [0.4, 0.5) is 0 Å². The quantitative estimate of drug-likeness (QED) is 0.822. The number of tetrazole rings is 1. The van der Waals surface area contributed by atoms with Crippen LogP contribution in [0.5, 0.6) is 11.5 Å². The van der Waals surface area contributed by atoms with E-state index >= 15 is 0 Å². The minimum absolute atomic E-state index is 0.0281. The van der Waals surface area contributed by atoms with Gasteiger partial charge in [0.15, 0.2) is 11.5 Å². The summed E-state index contributed by atoms with van der Waals surface area (Å²) in [6.07, 6.45) is 4.50. The highest BCUT2D eigenvalue weighted by Crippen LogP contribution is 2.39. The number of nitrogens with zero attached hydrogens (tertiary/aromatic N) is 4. The van der Waals surface area contributed by atoms with E-state index in [4.69, 9.17) is 9.47 Å². The Morgan fingerprint density at radius 1 is 1.33 bits per heavy atom. The van der Waals surface area contributed by atoms with Crippen molar-refractivity contribution in [2.24, 2.45) is 0 Å². The molecule has 0 saturated carbocycles. The van der Waals surface area contributed by atoms with Gasteiger partial charge in [-0.2, -0.15) is 0 Å². The Hall–Kier alpha value is -2.64. The average molecular weight is 331 g/mol. The fourth-order valence-electron chi connectivity index (χ4n) is 3.03. The number of carbonyl (C=O) groups is 1. The number of hydrogen-bond donors (Lipinski definition) is 1. The summed E-state index contributed by atoms with van der Waals surface area (Å²) in [5.74, 6) is 1.46. The van der Waals surface area contributed by atoms with Gasteiger partial charge >= 0.3 is 0 Å². The molecule has 1 N–H and O–H groups in total. The second-order valence-electron chi connectivity index (χ2n) is 5.74. The summed E-state index contributed by atoms with van der Waals surface area (Å²) in [5.41, 5.74) is 2.31. The lowest BCUT2D eigenvalue weighted by molar-refractivity contribution is -0.122. The lowest BCUT2D eigenvalue weighted by Gasteiger charge is -2.16. The SMILES string of the molecule is COc1cc2c(cc1OC)[C@H](NC(=O)CCCn1cnnn1)CC2. The minimum Gasteiger partial charge on any atom is -0.493 e. The molecule has 0 radical (unpaired) electrons. The zero-order chi connectivity index (χ0) is 16.9. The number of hydrogen-bond acceptors (Lipinski definition) is 6. The molecule has 0 spiro atoms. The molecule has 2 aromatic rings. The third kappa shape index (κ3) is 3.47. The summed E-state index contributed by atoms with van der Waals surface area (Å²) < 4.78 is 12.3. The molecule has 0 bridgehead atoms. The number of rotatable bonds is 7. The van der Waals surface area contributed by atoms with Crippen LogP contribution >= 0.6 is 0 Å². The lowest BCUT2D eigenvalue weighted by Crippen LogP contribution is -2.27. The molecule has 0 saturated heterocycles. The van der Waals surface area contributed by atoms with Gasteiger partial charge < -0.3 is 14.8 Å². The fourth-order valence-corrected chi connectivity index (χ4v) is 3.03. The molecule has 1 aliphatic rings. The van der Waals surface area contributed by atoms with Gasteiger partial charge in [-0.1, -0.05) is 0 Å². The molecule has 1 atom stereocenters. The predicted molar refractivity (Wildman–Crippen MR) is 85.8 cm³/mol. The highest BCUT2D eigenvalue weighted by atomic mass is 16.5. The summed E-state index contributed by atoms with van der Waals surface area (Å²) in [7, 11) is 3.24. The summed E-state index contributed by atoms with van der Waals surface area (Å²) >= 11 is 0. The molecule has 8 heteroatoms. The third-order valence-corrected chi connectivity index (χ3v) is 4.24. The fraction of sp³-hybridized carbons (Fsp3) is 0.500. The molecule has 128 valence electrons. The molecule has 8 nitrogen and oxygen atoms in total. The summed E-state index contributed by atoms with van der Waals surface area (Å²) in [5, 5.41) is 14.0. The zero-order valence-corrected chi connectivity index (χ0v) is 13.9. The van der Waals surface area contributed by atoms with Crippen LogP contribution in [0.2, 0.25) is 0 Å².